The van der Waals surface area contributed by atoms with E-state index in [1.807, 2.05) is 16.5 Å². The molecule has 1 heterocycles. The van der Waals surface area contributed by atoms with Crippen molar-refractivity contribution in [3.8, 4) is 0 Å². The molecule has 0 saturated heterocycles. The molecule has 9 heteroatoms. The van der Waals surface area contributed by atoms with Gasteiger partial charge in [0.05, 0.1) is 6.04 Å². The molecule has 2 aliphatic rings. The summed E-state index contributed by atoms with van der Waals surface area (Å²) in [5.41, 5.74) is 0. The maximum atomic E-state index is 12.8. The van der Waals surface area contributed by atoms with Crippen LogP contribution in [0.15, 0.2) is 5.16 Å². The van der Waals surface area contributed by atoms with E-state index in [1.54, 1.807) is 11.8 Å². The summed E-state index contributed by atoms with van der Waals surface area (Å²) in [5, 5.41) is 13.1. The number of amides is 1. The number of aromatic nitrogens is 4. The molecule has 1 aromatic heterocycles. The van der Waals surface area contributed by atoms with Crippen LogP contribution in [0.4, 0.5) is 0 Å². The predicted octanol–water partition coefficient (Wildman–Crippen LogP) is 3.77. The van der Waals surface area contributed by atoms with Crippen LogP contribution in [0, 0.1) is 0 Å². The molecule has 1 aromatic rings. The van der Waals surface area contributed by atoms with E-state index in [0.717, 1.165) is 55.9 Å². The van der Waals surface area contributed by atoms with Crippen molar-refractivity contribution in [3.63, 3.8) is 0 Å². The average molecular weight is 438 g/mol. The summed E-state index contributed by atoms with van der Waals surface area (Å²) in [7, 11) is 0. The third kappa shape index (κ3) is 6.43. The van der Waals surface area contributed by atoms with Crippen LogP contribution in [0.2, 0.25) is 0 Å². The average Bonchev–Trinajstić information content (AvgIpc) is 3.21. The lowest BCUT2D eigenvalue weighted by molar-refractivity contribution is -0.149. The van der Waals surface area contributed by atoms with Gasteiger partial charge in [-0.15, -0.1) is 5.10 Å². The standard InChI is InChI=1S/C21H35N5O3S/c1-3-25(18-11-7-12-19(15-18)29-16(2)27)20(28)13-8-14-30-21-22-23-24-26(21)17-9-5-4-6-10-17/h17-19H,3-15H2,1-2H3. The summed E-state index contributed by atoms with van der Waals surface area (Å²) < 4.78 is 7.38. The molecular weight excluding hydrogens is 402 g/mol. The van der Waals surface area contributed by atoms with Crippen LogP contribution in [0.25, 0.3) is 0 Å². The normalized spacial score (nSPS) is 22.6. The van der Waals surface area contributed by atoms with Crippen molar-refractivity contribution in [2.24, 2.45) is 0 Å². The van der Waals surface area contributed by atoms with Gasteiger partial charge in [0.15, 0.2) is 0 Å². The first-order chi connectivity index (χ1) is 14.6. The molecule has 2 saturated carbocycles. The van der Waals surface area contributed by atoms with E-state index < -0.39 is 0 Å². The van der Waals surface area contributed by atoms with Crippen LogP contribution in [0.3, 0.4) is 0 Å². The molecule has 2 fully saturated rings. The van der Waals surface area contributed by atoms with Crippen LogP contribution in [-0.2, 0) is 14.3 Å². The molecule has 30 heavy (non-hydrogen) atoms. The number of esters is 1. The molecule has 168 valence electrons. The van der Waals surface area contributed by atoms with Crippen LogP contribution in [-0.4, -0.2) is 61.4 Å². The zero-order chi connectivity index (χ0) is 21.3. The summed E-state index contributed by atoms with van der Waals surface area (Å²) in [5.74, 6) is 0.790. The molecule has 2 aliphatic carbocycles. The second-order valence-corrected chi connectivity index (χ2v) is 9.44. The quantitative estimate of drug-likeness (QED) is 0.330. The summed E-state index contributed by atoms with van der Waals surface area (Å²) >= 11 is 1.65. The van der Waals surface area contributed by atoms with Gasteiger partial charge in [0.2, 0.25) is 11.1 Å². The lowest BCUT2D eigenvalue weighted by Crippen LogP contribution is -2.44. The number of ether oxygens (including phenoxy) is 1. The zero-order valence-electron chi connectivity index (χ0n) is 18.3. The molecule has 0 bridgehead atoms. The van der Waals surface area contributed by atoms with Gasteiger partial charge in [-0.2, -0.15) is 0 Å². The molecule has 0 aliphatic heterocycles. The van der Waals surface area contributed by atoms with Crippen LogP contribution >= 0.6 is 11.8 Å². The van der Waals surface area contributed by atoms with E-state index >= 15 is 0 Å². The van der Waals surface area contributed by atoms with Gasteiger partial charge < -0.3 is 9.64 Å². The first-order valence-corrected chi connectivity index (χ1v) is 12.4. The number of carbonyl (C=O) groups excluding carboxylic acids is 2. The fourth-order valence-electron chi connectivity index (χ4n) is 4.75. The Morgan fingerprint density at radius 2 is 1.97 bits per heavy atom. The molecule has 0 N–H and O–H groups in total. The molecule has 8 nitrogen and oxygen atoms in total. The predicted molar refractivity (Wildman–Crippen MR) is 115 cm³/mol. The van der Waals surface area contributed by atoms with E-state index in [4.69, 9.17) is 4.74 Å². The van der Waals surface area contributed by atoms with Gasteiger partial charge in [0.25, 0.3) is 0 Å². The third-order valence-electron chi connectivity index (χ3n) is 6.18. The monoisotopic (exact) mass is 437 g/mol. The zero-order valence-corrected chi connectivity index (χ0v) is 19.1. The Bertz CT molecular complexity index is 692. The van der Waals surface area contributed by atoms with E-state index in [9.17, 15) is 9.59 Å². The van der Waals surface area contributed by atoms with Gasteiger partial charge in [0, 0.05) is 38.1 Å². The lowest BCUT2D eigenvalue weighted by Gasteiger charge is -2.36. The lowest BCUT2D eigenvalue weighted by atomic mass is 9.91. The van der Waals surface area contributed by atoms with E-state index in [2.05, 4.69) is 15.5 Å². The van der Waals surface area contributed by atoms with E-state index in [-0.39, 0.29) is 24.0 Å². The number of thioether (sulfide) groups is 1. The Morgan fingerprint density at radius 1 is 1.17 bits per heavy atom. The summed E-state index contributed by atoms with van der Waals surface area (Å²) in [6.45, 7) is 4.18. The van der Waals surface area contributed by atoms with Crippen molar-refractivity contribution >= 4 is 23.6 Å². The highest BCUT2D eigenvalue weighted by molar-refractivity contribution is 7.99. The highest BCUT2D eigenvalue weighted by atomic mass is 32.2. The molecule has 2 atom stereocenters. The van der Waals surface area contributed by atoms with Gasteiger partial charge >= 0.3 is 5.97 Å². The number of hydrogen-bond donors (Lipinski definition) is 0. The second kappa shape index (κ2) is 11.7. The Morgan fingerprint density at radius 3 is 2.70 bits per heavy atom. The number of tetrazole rings is 1. The topological polar surface area (TPSA) is 90.2 Å². The van der Waals surface area contributed by atoms with Crippen molar-refractivity contribution in [1.29, 1.82) is 0 Å². The molecule has 1 amide bonds. The Kier molecular flexibility index (Phi) is 8.96. The minimum Gasteiger partial charge on any atom is -0.462 e. The number of carbonyl (C=O) groups is 2. The number of nitrogens with zero attached hydrogens (tertiary/aromatic N) is 5. The van der Waals surface area contributed by atoms with Crippen molar-refractivity contribution < 1.29 is 14.3 Å². The van der Waals surface area contributed by atoms with Crippen molar-refractivity contribution in [1.82, 2.24) is 25.1 Å². The summed E-state index contributed by atoms with van der Waals surface area (Å²) in [6, 6.07) is 0.594. The first-order valence-electron chi connectivity index (χ1n) is 11.5. The highest BCUT2D eigenvalue weighted by Gasteiger charge is 2.30. The third-order valence-corrected chi connectivity index (χ3v) is 7.20. The molecule has 0 spiro atoms. The smallest absolute Gasteiger partial charge is 0.302 e. The van der Waals surface area contributed by atoms with Crippen LogP contribution < -0.4 is 0 Å². The minimum atomic E-state index is -0.234. The van der Waals surface area contributed by atoms with Crippen molar-refractivity contribution in [2.45, 2.75) is 108 Å². The van der Waals surface area contributed by atoms with Crippen LogP contribution in [0.1, 0.15) is 90.5 Å². The Balaban J connectivity index is 1.43. The Labute approximate surface area is 183 Å². The van der Waals surface area contributed by atoms with Gasteiger partial charge in [-0.3, -0.25) is 9.59 Å². The largest absolute Gasteiger partial charge is 0.462 e. The van der Waals surface area contributed by atoms with Gasteiger partial charge in [-0.05, 0) is 55.9 Å². The van der Waals surface area contributed by atoms with Gasteiger partial charge in [-0.1, -0.05) is 31.0 Å². The molecular formula is C21H35N5O3S. The van der Waals surface area contributed by atoms with E-state index in [0.29, 0.717) is 19.0 Å². The SMILES string of the molecule is CCN(C(=O)CCCSc1nnnn1C1CCCCC1)C1CCCC(OC(C)=O)C1. The van der Waals surface area contributed by atoms with E-state index in [1.165, 1.54) is 26.2 Å². The number of hydrogen-bond acceptors (Lipinski definition) is 7. The van der Waals surface area contributed by atoms with Gasteiger partial charge in [0.1, 0.15) is 6.10 Å². The minimum absolute atomic E-state index is 0.0581. The van der Waals surface area contributed by atoms with Crippen molar-refractivity contribution in [2.75, 3.05) is 12.3 Å². The fourth-order valence-corrected chi connectivity index (χ4v) is 5.63. The maximum Gasteiger partial charge on any atom is 0.302 e. The first kappa shape index (κ1) is 23.0. The van der Waals surface area contributed by atoms with Gasteiger partial charge in [-0.25, -0.2) is 4.68 Å². The second-order valence-electron chi connectivity index (χ2n) is 8.38. The molecule has 0 radical (unpaired) electrons. The molecule has 2 unspecified atom stereocenters. The summed E-state index contributed by atoms with van der Waals surface area (Å²) in [6.07, 6.45) is 11.0. The maximum absolute atomic E-state index is 12.8. The molecule has 0 aromatic carbocycles. The molecule has 3 rings (SSSR count). The highest BCUT2D eigenvalue weighted by Crippen LogP contribution is 2.30. The summed E-state index contributed by atoms with van der Waals surface area (Å²) in [4.78, 5) is 26.1. The van der Waals surface area contributed by atoms with Crippen molar-refractivity contribution in [3.05, 3.63) is 0 Å². The fraction of sp³-hybridized carbons (Fsp3) is 0.857. The number of rotatable bonds is 9. The van der Waals surface area contributed by atoms with Crippen LogP contribution in [0.5, 0.6) is 0 Å². The Hall–Kier alpha value is -1.64.